The number of Topliss-reactive ketones (excluding diaryl/α,β-unsaturated/α-hetero) is 1. The lowest BCUT2D eigenvalue weighted by Gasteiger charge is -2.26. The van der Waals surface area contributed by atoms with Crippen molar-refractivity contribution in [3.8, 4) is 5.75 Å². The second-order valence-electron chi connectivity index (χ2n) is 4.43. The summed E-state index contributed by atoms with van der Waals surface area (Å²) < 4.78 is 0. The van der Waals surface area contributed by atoms with Gasteiger partial charge in [0, 0.05) is 44.2 Å². The van der Waals surface area contributed by atoms with Crippen molar-refractivity contribution < 1.29 is 9.90 Å². The van der Waals surface area contributed by atoms with E-state index in [4.69, 9.17) is 11.6 Å². The van der Waals surface area contributed by atoms with Gasteiger partial charge in [0.05, 0.1) is 5.56 Å². The van der Waals surface area contributed by atoms with Crippen LogP contribution in [-0.2, 0) is 0 Å². The van der Waals surface area contributed by atoms with E-state index in [2.05, 4.69) is 10.2 Å². The third kappa shape index (κ3) is 3.45. The molecule has 2 rings (SSSR count). The maximum Gasteiger partial charge on any atom is 0.167 e. The molecule has 0 unspecified atom stereocenters. The second-order valence-corrected chi connectivity index (χ2v) is 4.86. The third-order valence-electron chi connectivity index (χ3n) is 3.12. The number of hydrogen-bond donors (Lipinski definition) is 2. The number of aromatic hydroxyl groups is 1. The highest BCUT2D eigenvalue weighted by Crippen LogP contribution is 2.22. The molecule has 0 aromatic heterocycles. The molecule has 1 aromatic carbocycles. The zero-order valence-electron chi connectivity index (χ0n) is 10.2. The van der Waals surface area contributed by atoms with Gasteiger partial charge in [0.2, 0.25) is 0 Å². The van der Waals surface area contributed by atoms with Gasteiger partial charge in [0.25, 0.3) is 0 Å². The van der Waals surface area contributed by atoms with Crippen LogP contribution in [0.25, 0.3) is 0 Å². The first-order chi connectivity index (χ1) is 8.66. The minimum absolute atomic E-state index is 0.00436. The van der Waals surface area contributed by atoms with E-state index in [1.165, 1.54) is 12.1 Å². The average Bonchev–Trinajstić information content (AvgIpc) is 2.40. The van der Waals surface area contributed by atoms with Gasteiger partial charge in [-0.15, -0.1) is 0 Å². The minimum Gasteiger partial charge on any atom is -0.507 e. The van der Waals surface area contributed by atoms with Gasteiger partial charge in [-0.2, -0.15) is 0 Å². The Morgan fingerprint density at radius 3 is 2.83 bits per heavy atom. The van der Waals surface area contributed by atoms with Crippen molar-refractivity contribution >= 4 is 17.4 Å². The van der Waals surface area contributed by atoms with Crippen molar-refractivity contribution in [3.63, 3.8) is 0 Å². The van der Waals surface area contributed by atoms with Crippen LogP contribution in [0.4, 0.5) is 0 Å². The Hall–Kier alpha value is -1.10. The molecule has 98 valence electrons. The topological polar surface area (TPSA) is 52.6 Å². The molecule has 0 radical (unpaired) electrons. The van der Waals surface area contributed by atoms with E-state index in [9.17, 15) is 9.90 Å². The Morgan fingerprint density at radius 1 is 1.39 bits per heavy atom. The van der Waals surface area contributed by atoms with Gasteiger partial charge in [-0.25, -0.2) is 0 Å². The molecule has 0 saturated carbocycles. The third-order valence-corrected chi connectivity index (χ3v) is 3.36. The lowest BCUT2D eigenvalue weighted by molar-refractivity contribution is 0.0958. The van der Waals surface area contributed by atoms with Crippen LogP contribution in [0.3, 0.4) is 0 Å². The van der Waals surface area contributed by atoms with E-state index < -0.39 is 0 Å². The summed E-state index contributed by atoms with van der Waals surface area (Å²) in [5.41, 5.74) is 0.317. The van der Waals surface area contributed by atoms with E-state index in [1.54, 1.807) is 6.07 Å². The molecule has 4 nitrogen and oxygen atoms in total. The molecular formula is C13H17ClN2O2. The highest BCUT2D eigenvalue weighted by atomic mass is 35.5. The Labute approximate surface area is 112 Å². The number of phenols is 1. The maximum atomic E-state index is 12.0. The number of halogens is 1. The highest BCUT2D eigenvalue weighted by Gasteiger charge is 2.15. The SMILES string of the molecule is O=C(CCN1CCNCC1)c1cc(Cl)ccc1O. The Kier molecular flexibility index (Phi) is 4.58. The fourth-order valence-corrected chi connectivity index (χ4v) is 2.23. The Bertz CT molecular complexity index is 431. The van der Waals surface area contributed by atoms with Crippen molar-refractivity contribution in [2.75, 3.05) is 32.7 Å². The van der Waals surface area contributed by atoms with E-state index in [0.717, 1.165) is 32.7 Å². The van der Waals surface area contributed by atoms with E-state index in [0.29, 0.717) is 17.0 Å². The van der Waals surface area contributed by atoms with Gasteiger partial charge in [-0.05, 0) is 18.2 Å². The van der Waals surface area contributed by atoms with Crippen LogP contribution in [0.5, 0.6) is 5.75 Å². The van der Waals surface area contributed by atoms with Crippen LogP contribution < -0.4 is 5.32 Å². The number of hydrogen-bond acceptors (Lipinski definition) is 4. The smallest absolute Gasteiger partial charge is 0.167 e. The summed E-state index contributed by atoms with van der Waals surface area (Å²) in [5, 5.41) is 13.4. The molecule has 0 amide bonds. The summed E-state index contributed by atoms with van der Waals surface area (Å²) in [6, 6.07) is 4.56. The number of carbonyl (C=O) groups is 1. The number of ketones is 1. The number of benzene rings is 1. The van der Waals surface area contributed by atoms with E-state index >= 15 is 0 Å². The number of piperazine rings is 1. The van der Waals surface area contributed by atoms with Crippen LogP contribution in [0, 0.1) is 0 Å². The van der Waals surface area contributed by atoms with Crippen molar-refractivity contribution in [1.29, 1.82) is 0 Å². The number of rotatable bonds is 4. The van der Waals surface area contributed by atoms with Gasteiger partial charge in [-0.1, -0.05) is 11.6 Å². The van der Waals surface area contributed by atoms with Gasteiger partial charge < -0.3 is 15.3 Å². The van der Waals surface area contributed by atoms with Crippen molar-refractivity contribution in [1.82, 2.24) is 10.2 Å². The Morgan fingerprint density at radius 2 is 2.11 bits per heavy atom. The standard InChI is InChI=1S/C13H17ClN2O2/c14-10-1-2-12(17)11(9-10)13(18)3-6-16-7-4-15-5-8-16/h1-2,9,15,17H,3-8H2. The second kappa shape index (κ2) is 6.18. The Balaban J connectivity index is 1.92. The van der Waals surface area contributed by atoms with Crippen LogP contribution in [0.15, 0.2) is 18.2 Å². The van der Waals surface area contributed by atoms with E-state index in [1.807, 2.05) is 0 Å². The molecule has 18 heavy (non-hydrogen) atoms. The molecule has 1 aliphatic rings. The summed E-state index contributed by atoms with van der Waals surface area (Å²) in [6.45, 7) is 4.60. The van der Waals surface area contributed by atoms with Crippen molar-refractivity contribution in [2.24, 2.45) is 0 Å². The van der Waals surface area contributed by atoms with Crippen LogP contribution in [-0.4, -0.2) is 48.5 Å². The minimum atomic E-state index is -0.0615. The maximum absolute atomic E-state index is 12.0. The van der Waals surface area contributed by atoms with Gasteiger partial charge in [-0.3, -0.25) is 4.79 Å². The quantitative estimate of drug-likeness (QED) is 0.813. The zero-order valence-corrected chi connectivity index (χ0v) is 10.9. The summed E-state index contributed by atoms with van der Waals surface area (Å²) in [5.74, 6) is -0.0572. The molecule has 1 aromatic rings. The number of nitrogens with one attached hydrogen (secondary N) is 1. The molecule has 0 atom stereocenters. The molecule has 1 heterocycles. The fraction of sp³-hybridized carbons (Fsp3) is 0.462. The van der Waals surface area contributed by atoms with Gasteiger partial charge >= 0.3 is 0 Å². The largest absolute Gasteiger partial charge is 0.507 e. The first-order valence-electron chi connectivity index (χ1n) is 6.11. The van der Waals surface area contributed by atoms with E-state index in [-0.39, 0.29) is 11.5 Å². The van der Waals surface area contributed by atoms with Crippen LogP contribution in [0.2, 0.25) is 5.02 Å². The van der Waals surface area contributed by atoms with Crippen molar-refractivity contribution in [3.05, 3.63) is 28.8 Å². The normalized spacial score (nSPS) is 16.7. The van der Waals surface area contributed by atoms with Crippen LogP contribution >= 0.6 is 11.6 Å². The first kappa shape index (κ1) is 13.3. The molecule has 1 saturated heterocycles. The monoisotopic (exact) mass is 268 g/mol. The predicted molar refractivity (Wildman–Crippen MR) is 71.4 cm³/mol. The summed E-state index contributed by atoms with van der Waals surface area (Å²) in [6.07, 6.45) is 0.411. The highest BCUT2D eigenvalue weighted by molar-refractivity contribution is 6.31. The molecule has 0 spiro atoms. The summed E-state index contributed by atoms with van der Waals surface area (Å²) in [4.78, 5) is 14.2. The predicted octanol–water partition coefficient (Wildman–Crippen LogP) is 1.52. The average molecular weight is 269 g/mol. The molecular weight excluding hydrogens is 252 g/mol. The number of carbonyl (C=O) groups excluding carboxylic acids is 1. The van der Waals surface area contributed by atoms with Gasteiger partial charge in [0.15, 0.2) is 5.78 Å². The summed E-state index contributed by atoms with van der Waals surface area (Å²) in [7, 11) is 0. The first-order valence-corrected chi connectivity index (χ1v) is 6.49. The lowest BCUT2D eigenvalue weighted by atomic mass is 10.1. The van der Waals surface area contributed by atoms with Gasteiger partial charge in [0.1, 0.15) is 5.75 Å². The van der Waals surface area contributed by atoms with Crippen molar-refractivity contribution in [2.45, 2.75) is 6.42 Å². The zero-order chi connectivity index (χ0) is 13.0. The molecule has 5 heteroatoms. The van der Waals surface area contributed by atoms with Crippen LogP contribution in [0.1, 0.15) is 16.8 Å². The molecule has 1 fully saturated rings. The molecule has 0 aliphatic carbocycles. The molecule has 1 aliphatic heterocycles. The molecule has 2 N–H and O–H groups in total. The fourth-order valence-electron chi connectivity index (χ4n) is 2.06. The summed E-state index contributed by atoms with van der Waals surface area (Å²) >= 11 is 5.83. The number of nitrogens with zero attached hydrogens (tertiary/aromatic N) is 1. The molecule has 0 bridgehead atoms. The lowest BCUT2D eigenvalue weighted by Crippen LogP contribution is -2.44. The number of phenolic OH excluding ortho intramolecular Hbond substituents is 1.